The van der Waals surface area contributed by atoms with E-state index in [0.29, 0.717) is 6.04 Å². The molecule has 0 bridgehead atoms. The number of anilines is 1. The first-order valence-electron chi connectivity index (χ1n) is 6.20. The van der Waals surface area contributed by atoms with Crippen LogP contribution in [-0.2, 0) is 0 Å². The van der Waals surface area contributed by atoms with Crippen molar-refractivity contribution in [2.24, 2.45) is 0 Å². The number of hydrogen-bond acceptors (Lipinski definition) is 3. The van der Waals surface area contributed by atoms with E-state index in [4.69, 9.17) is 5.73 Å². The van der Waals surface area contributed by atoms with Crippen molar-refractivity contribution >= 4 is 21.6 Å². The minimum atomic E-state index is 0.542. The second-order valence-corrected chi connectivity index (χ2v) is 5.59. The van der Waals surface area contributed by atoms with Crippen molar-refractivity contribution in [1.29, 1.82) is 0 Å². The summed E-state index contributed by atoms with van der Waals surface area (Å²) in [5, 5.41) is 8.30. The van der Waals surface area contributed by atoms with Gasteiger partial charge in [0, 0.05) is 21.8 Å². The van der Waals surface area contributed by atoms with Gasteiger partial charge in [-0.25, -0.2) is 0 Å². The maximum atomic E-state index is 5.93. The Bertz CT molecular complexity index is 558. The van der Waals surface area contributed by atoms with Crippen molar-refractivity contribution < 1.29 is 0 Å². The van der Waals surface area contributed by atoms with E-state index in [1.165, 1.54) is 25.7 Å². The molecule has 0 radical (unpaired) electrons. The predicted molar refractivity (Wildman–Crippen MR) is 75.1 cm³/mol. The minimum absolute atomic E-state index is 0.542. The highest BCUT2D eigenvalue weighted by Gasteiger charge is 2.20. The summed E-state index contributed by atoms with van der Waals surface area (Å²) in [5.41, 5.74) is 7.68. The van der Waals surface area contributed by atoms with Gasteiger partial charge in [-0.3, -0.25) is 0 Å². The Kier molecular flexibility index (Phi) is 3.07. The van der Waals surface area contributed by atoms with Crippen LogP contribution < -0.4 is 5.73 Å². The van der Waals surface area contributed by atoms with Gasteiger partial charge in [0.15, 0.2) is 5.82 Å². The summed E-state index contributed by atoms with van der Waals surface area (Å²) in [6, 6.07) is 6.47. The fourth-order valence-electron chi connectivity index (χ4n) is 2.58. The van der Waals surface area contributed by atoms with Crippen LogP contribution in [0.25, 0.3) is 11.4 Å². The Morgan fingerprint density at radius 2 is 2.06 bits per heavy atom. The van der Waals surface area contributed by atoms with Crippen LogP contribution in [0.5, 0.6) is 0 Å². The monoisotopic (exact) mass is 306 g/mol. The van der Waals surface area contributed by atoms with Crippen LogP contribution in [0.4, 0.5) is 5.69 Å². The number of benzene rings is 1. The zero-order chi connectivity index (χ0) is 12.5. The second kappa shape index (κ2) is 4.72. The third kappa shape index (κ3) is 2.03. The van der Waals surface area contributed by atoms with E-state index in [9.17, 15) is 0 Å². The molecule has 94 valence electrons. The molecule has 0 unspecified atom stereocenters. The van der Waals surface area contributed by atoms with Crippen molar-refractivity contribution in [3.8, 4) is 11.4 Å². The van der Waals surface area contributed by atoms with Crippen LogP contribution in [0.3, 0.4) is 0 Å². The molecule has 0 atom stereocenters. The predicted octanol–water partition coefficient (Wildman–Crippen LogP) is 3.40. The first-order chi connectivity index (χ1) is 8.75. The van der Waals surface area contributed by atoms with Gasteiger partial charge in [0.1, 0.15) is 6.33 Å². The van der Waals surface area contributed by atoms with Gasteiger partial charge in [0.25, 0.3) is 0 Å². The minimum Gasteiger partial charge on any atom is -0.398 e. The van der Waals surface area contributed by atoms with Gasteiger partial charge in [-0.2, -0.15) is 0 Å². The van der Waals surface area contributed by atoms with Crippen molar-refractivity contribution in [3.63, 3.8) is 0 Å². The lowest BCUT2D eigenvalue weighted by atomic mass is 10.1. The van der Waals surface area contributed by atoms with Crippen molar-refractivity contribution in [2.75, 3.05) is 5.73 Å². The summed E-state index contributed by atoms with van der Waals surface area (Å²) in [6.45, 7) is 0. The molecule has 1 aliphatic rings. The number of nitrogens with zero attached hydrogens (tertiary/aromatic N) is 3. The summed E-state index contributed by atoms with van der Waals surface area (Å²) in [7, 11) is 0. The number of nitrogens with two attached hydrogens (primary N) is 1. The van der Waals surface area contributed by atoms with Crippen LogP contribution >= 0.6 is 15.9 Å². The third-order valence-corrected chi connectivity index (χ3v) is 4.27. The zero-order valence-electron chi connectivity index (χ0n) is 10.0. The fourth-order valence-corrected chi connectivity index (χ4v) is 2.83. The van der Waals surface area contributed by atoms with Gasteiger partial charge >= 0.3 is 0 Å². The number of aromatic nitrogens is 3. The molecule has 1 saturated carbocycles. The summed E-state index contributed by atoms with van der Waals surface area (Å²) in [6.07, 6.45) is 6.87. The highest BCUT2D eigenvalue weighted by Crippen LogP contribution is 2.33. The highest BCUT2D eigenvalue weighted by molar-refractivity contribution is 9.10. The molecule has 4 nitrogen and oxygen atoms in total. The lowest BCUT2D eigenvalue weighted by Gasteiger charge is -2.14. The maximum Gasteiger partial charge on any atom is 0.164 e. The van der Waals surface area contributed by atoms with Crippen LogP contribution in [0.2, 0.25) is 0 Å². The third-order valence-electron chi connectivity index (χ3n) is 3.55. The van der Waals surface area contributed by atoms with E-state index in [-0.39, 0.29) is 0 Å². The van der Waals surface area contributed by atoms with Gasteiger partial charge in [-0.05, 0) is 47.0 Å². The Morgan fingerprint density at radius 3 is 2.78 bits per heavy atom. The largest absolute Gasteiger partial charge is 0.398 e. The SMILES string of the molecule is Nc1cc(-c2nncn2C2CCCC2)ccc1Br. The number of halogens is 1. The van der Waals surface area contributed by atoms with E-state index >= 15 is 0 Å². The fraction of sp³-hybridized carbons (Fsp3) is 0.385. The summed E-state index contributed by atoms with van der Waals surface area (Å²) in [4.78, 5) is 0. The van der Waals surface area contributed by atoms with Gasteiger partial charge in [0.2, 0.25) is 0 Å². The van der Waals surface area contributed by atoms with Crippen molar-refractivity contribution in [2.45, 2.75) is 31.7 Å². The first-order valence-corrected chi connectivity index (χ1v) is 7.00. The van der Waals surface area contributed by atoms with Crippen molar-refractivity contribution in [3.05, 3.63) is 29.0 Å². The van der Waals surface area contributed by atoms with E-state index in [0.717, 1.165) is 21.5 Å². The molecule has 1 fully saturated rings. The maximum absolute atomic E-state index is 5.93. The zero-order valence-corrected chi connectivity index (χ0v) is 11.6. The van der Waals surface area contributed by atoms with Gasteiger partial charge in [-0.15, -0.1) is 10.2 Å². The van der Waals surface area contributed by atoms with Crippen LogP contribution in [0.15, 0.2) is 29.0 Å². The van der Waals surface area contributed by atoms with Crippen molar-refractivity contribution in [1.82, 2.24) is 14.8 Å². The Labute approximate surface area is 114 Å². The molecule has 0 aliphatic heterocycles. The number of nitrogen functional groups attached to an aromatic ring is 1. The average molecular weight is 307 g/mol. The molecule has 1 aromatic carbocycles. The molecule has 0 saturated heterocycles. The van der Waals surface area contributed by atoms with Gasteiger partial charge in [0.05, 0.1) is 0 Å². The molecule has 0 spiro atoms. The molecule has 2 N–H and O–H groups in total. The van der Waals surface area contributed by atoms with E-state index in [1.54, 1.807) is 0 Å². The molecule has 5 heteroatoms. The summed E-state index contributed by atoms with van der Waals surface area (Å²) in [5.74, 6) is 0.918. The summed E-state index contributed by atoms with van der Waals surface area (Å²) >= 11 is 3.41. The molecule has 1 aromatic heterocycles. The lowest BCUT2D eigenvalue weighted by Crippen LogP contribution is -2.05. The molecule has 1 aliphatic carbocycles. The molecule has 1 heterocycles. The molecular formula is C13H15BrN4. The topological polar surface area (TPSA) is 56.7 Å². The van der Waals surface area contributed by atoms with E-state index < -0.39 is 0 Å². The van der Waals surface area contributed by atoms with Crippen LogP contribution in [0.1, 0.15) is 31.7 Å². The normalized spacial score (nSPS) is 16.3. The molecular weight excluding hydrogens is 292 g/mol. The quantitative estimate of drug-likeness (QED) is 0.865. The van der Waals surface area contributed by atoms with Gasteiger partial charge in [-0.1, -0.05) is 12.8 Å². The first kappa shape index (κ1) is 11.7. The lowest BCUT2D eigenvalue weighted by molar-refractivity contribution is 0.522. The molecule has 3 rings (SSSR count). The van der Waals surface area contributed by atoms with E-state index in [2.05, 4.69) is 30.7 Å². The van der Waals surface area contributed by atoms with E-state index in [1.807, 2.05) is 24.5 Å². The second-order valence-electron chi connectivity index (χ2n) is 4.74. The molecule has 18 heavy (non-hydrogen) atoms. The van der Waals surface area contributed by atoms with Gasteiger partial charge < -0.3 is 10.3 Å². The van der Waals surface area contributed by atoms with Crippen LogP contribution in [0, 0.1) is 0 Å². The highest BCUT2D eigenvalue weighted by atomic mass is 79.9. The smallest absolute Gasteiger partial charge is 0.164 e. The molecule has 2 aromatic rings. The number of hydrogen-bond donors (Lipinski definition) is 1. The standard InChI is InChI=1S/C13H15BrN4/c14-11-6-5-9(7-12(11)15)13-17-16-8-18(13)10-3-1-2-4-10/h5-8,10H,1-4,15H2. The van der Waals surface area contributed by atoms with Crippen LogP contribution in [-0.4, -0.2) is 14.8 Å². The summed E-state index contributed by atoms with van der Waals surface area (Å²) < 4.78 is 3.11. The average Bonchev–Trinajstić information content (AvgIpc) is 3.00. The Balaban J connectivity index is 2.00. The Hall–Kier alpha value is -1.36. The Morgan fingerprint density at radius 1 is 1.28 bits per heavy atom. The number of rotatable bonds is 2. The molecule has 0 amide bonds.